The summed E-state index contributed by atoms with van der Waals surface area (Å²) >= 11 is 5.68. The number of halogens is 1. The van der Waals surface area contributed by atoms with E-state index in [4.69, 9.17) is 9.47 Å². The molecule has 1 fully saturated rings. The molecule has 0 amide bonds. The maximum absolute atomic E-state index is 5.42. The minimum absolute atomic E-state index is 0.327. The van der Waals surface area contributed by atoms with Gasteiger partial charge in [-0.25, -0.2) is 0 Å². The van der Waals surface area contributed by atoms with E-state index in [9.17, 15) is 0 Å². The number of hydrogen-bond acceptors (Lipinski definition) is 4. The van der Waals surface area contributed by atoms with Crippen LogP contribution in [0, 0.1) is 0 Å². The molecule has 0 aliphatic carbocycles. The second-order valence-electron chi connectivity index (χ2n) is 5.30. The van der Waals surface area contributed by atoms with Gasteiger partial charge in [0, 0.05) is 22.3 Å². The Bertz CT molecular complexity index is 475. The van der Waals surface area contributed by atoms with E-state index >= 15 is 0 Å². The van der Waals surface area contributed by atoms with Gasteiger partial charge in [-0.3, -0.25) is 0 Å². The number of ether oxygens (including phenoxy) is 2. The highest BCUT2D eigenvalue weighted by Crippen LogP contribution is 2.38. The van der Waals surface area contributed by atoms with Crippen LogP contribution < -0.4 is 14.8 Å². The Kier molecular flexibility index (Phi) is 3.96. The Morgan fingerprint density at radius 2 is 2.16 bits per heavy atom. The van der Waals surface area contributed by atoms with E-state index in [-0.39, 0.29) is 0 Å². The molecule has 1 unspecified atom stereocenters. The van der Waals surface area contributed by atoms with Gasteiger partial charge in [-0.1, -0.05) is 15.9 Å². The highest BCUT2D eigenvalue weighted by Gasteiger charge is 2.28. The Balaban J connectivity index is 1.61. The Hall–Kier alpha value is -0.390. The second-order valence-corrected chi connectivity index (χ2v) is 7.84. The predicted molar refractivity (Wildman–Crippen MR) is 82.1 cm³/mol. The summed E-state index contributed by atoms with van der Waals surface area (Å²) in [7, 11) is 0. The van der Waals surface area contributed by atoms with Crippen LogP contribution >= 0.6 is 27.7 Å². The van der Waals surface area contributed by atoms with E-state index in [1.54, 1.807) is 0 Å². The van der Waals surface area contributed by atoms with Gasteiger partial charge in [-0.05, 0) is 43.2 Å². The lowest BCUT2D eigenvalue weighted by atomic mass is 10.1. The van der Waals surface area contributed by atoms with Crippen LogP contribution in [0.25, 0.3) is 0 Å². The molecular formula is C14H18BrNO2S. The first-order valence-corrected chi connectivity index (χ1v) is 8.37. The maximum Gasteiger partial charge on any atom is 0.231 e. The molecule has 2 aliphatic rings. The summed E-state index contributed by atoms with van der Waals surface area (Å²) < 4.78 is 12.3. The zero-order valence-electron chi connectivity index (χ0n) is 11.0. The molecule has 1 saturated heterocycles. The number of nitrogens with one attached hydrogen (secondary N) is 1. The lowest BCUT2D eigenvalue weighted by Gasteiger charge is -2.23. The molecule has 0 bridgehead atoms. The Labute approximate surface area is 126 Å². The molecule has 1 aromatic rings. The molecule has 0 spiro atoms. The van der Waals surface area contributed by atoms with Crippen LogP contribution in [0.1, 0.15) is 25.3 Å². The lowest BCUT2D eigenvalue weighted by Crippen LogP contribution is -2.32. The molecule has 3 rings (SSSR count). The second kappa shape index (κ2) is 5.54. The summed E-state index contributed by atoms with van der Waals surface area (Å²) in [6, 6.07) is 4.05. The summed E-state index contributed by atoms with van der Waals surface area (Å²) in [6.07, 6.45) is 2.66. The largest absolute Gasteiger partial charge is 0.454 e. The summed E-state index contributed by atoms with van der Waals surface area (Å²) in [5.41, 5.74) is 1.22. The molecule has 3 nitrogen and oxygen atoms in total. The molecule has 2 heterocycles. The number of hydrogen-bond donors (Lipinski definition) is 1. The van der Waals surface area contributed by atoms with Crippen molar-refractivity contribution < 1.29 is 9.47 Å². The molecule has 19 heavy (non-hydrogen) atoms. The maximum atomic E-state index is 5.42. The van der Waals surface area contributed by atoms with Crippen LogP contribution in [0.3, 0.4) is 0 Å². The zero-order valence-corrected chi connectivity index (χ0v) is 13.4. The van der Waals surface area contributed by atoms with Crippen LogP contribution in [0.2, 0.25) is 0 Å². The van der Waals surface area contributed by atoms with Crippen molar-refractivity contribution in [1.82, 2.24) is 5.32 Å². The molecule has 0 saturated carbocycles. The van der Waals surface area contributed by atoms with Crippen molar-refractivity contribution in [1.29, 1.82) is 0 Å². The first-order valence-electron chi connectivity index (χ1n) is 6.59. The topological polar surface area (TPSA) is 30.5 Å². The van der Waals surface area contributed by atoms with Crippen LogP contribution in [0.5, 0.6) is 11.5 Å². The highest BCUT2D eigenvalue weighted by atomic mass is 79.9. The predicted octanol–water partition coefficient (Wildman–Crippen LogP) is 3.55. The summed E-state index contributed by atoms with van der Waals surface area (Å²) in [5, 5.41) is 3.57. The van der Waals surface area contributed by atoms with Gasteiger partial charge in [-0.2, -0.15) is 11.8 Å². The summed E-state index contributed by atoms with van der Waals surface area (Å²) in [5.74, 6) is 2.97. The van der Waals surface area contributed by atoms with Crippen molar-refractivity contribution >= 4 is 27.7 Å². The van der Waals surface area contributed by atoms with Crippen molar-refractivity contribution in [2.45, 2.75) is 31.1 Å². The minimum Gasteiger partial charge on any atom is -0.454 e. The fourth-order valence-electron chi connectivity index (χ4n) is 2.53. The van der Waals surface area contributed by atoms with Crippen molar-refractivity contribution in [2.24, 2.45) is 0 Å². The monoisotopic (exact) mass is 343 g/mol. The van der Waals surface area contributed by atoms with Crippen molar-refractivity contribution in [2.75, 3.05) is 19.1 Å². The van der Waals surface area contributed by atoms with E-state index in [1.165, 1.54) is 24.2 Å². The third kappa shape index (κ3) is 3.03. The summed E-state index contributed by atoms with van der Waals surface area (Å²) in [6.45, 7) is 4.59. The molecule has 104 valence electrons. The zero-order chi connectivity index (χ0) is 13.3. The molecule has 1 aromatic carbocycles. The van der Waals surface area contributed by atoms with Crippen LogP contribution in [-0.4, -0.2) is 23.8 Å². The van der Waals surface area contributed by atoms with Gasteiger partial charge in [0.1, 0.15) is 0 Å². The van der Waals surface area contributed by atoms with Gasteiger partial charge in [0.2, 0.25) is 6.79 Å². The number of fused-ring (bicyclic) bond motifs is 1. The van der Waals surface area contributed by atoms with E-state index < -0.39 is 0 Å². The third-order valence-corrected chi connectivity index (χ3v) is 5.93. The first-order chi connectivity index (χ1) is 9.16. The fourth-order valence-corrected chi connectivity index (χ4v) is 4.27. The van der Waals surface area contributed by atoms with Crippen LogP contribution in [0.15, 0.2) is 16.6 Å². The van der Waals surface area contributed by atoms with E-state index in [0.29, 0.717) is 11.5 Å². The van der Waals surface area contributed by atoms with Crippen molar-refractivity contribution in [3.63, 3.8) is 0 Å². The van der Waals surface area contributed by atoms with Crippen LogP contribution in [-0.2, 0) is 6.54 Å². The molecule has 2 aliphatic heterocycles. The molecule has 0 aromatic heterocycles. The standard InChI is InChI=1S/C14H18BrNO2S/c1-14(3-2-4-19-14)8-16-7-10-5-12-13(6-11(10)15)18-9-17-12/h5-6,16H,2-4,7-9H2,1H3. The van der Waals surface area contributed by atoms with Gasteiger partial charge >= 0.3 is 0 Å². The molecule has 5 heteroatoms. The first kappa shape index (κ1) is 13.6. The number of thioether (sulfide) groups is 1. The third-order valence-electron chi connectivity index (χ3n) is 3.66. The average Bonchev–Trinajstić information content (AvgIpc) is 2.98. The quantitative estimate of drug-likeness (QED) is 0.905. The SMILES string of the molecule is CC1(CNCc2cc3c(cc2Br)OCO3)CCCS1. The minimum atomic E-state index is 0.327. The van der Waals surface area contributed by atoms with Gasteiger partial charge in [-0.15, -0.1) is 0 Å². The van der Waals surface area contributed by atoms with Crippen LogP contribution in [0.4, 0.5) is 0 Å². The van der Waals surface area contributed by atoms with E-state index in [0.717, 1.165) is 29.1 Å². The Morgan fingerprint density at radius 3 is 2.89 bits per heavy atom. The lowest BCUT2D eigenvalue weighted by molar-refractivity contribution is 0.174. The highest BCUT2D eigenvalue weighted by molar-refractivity contribution is 9.10. The van der Waals surface area contributed by atoms with Gasteiger partial charge < -0.3 is 14.8 Å². The van der Waals surface area contributed by atoms with E-state index in [1.807, 2.05) is 6.07 Å². The normalized spacial score (nSPS) is 24.9. The average molecular weight is 344 g/mol. The molecule has 0 radical (unpaired) electrons. The van der Waals surface area contributed by atoms with Gasteiger partial charge in [0.15, 0.2) is 11.5 Å². The molecular weight excluding hydrogens is 326 g/mol. The molecule has 1 atom stereocenters. The smallest absolute Gasteiger partial charge is 0.231 e. The number of rotatable bonds is 4. The molecule has 1 N–H and O–H groups in total. The van der Waals surface area contributed by atoms with Gasteiger partial charge in [0.05, 0.1) is 0 Å². The number of benzene rings is 1. The van der Waals surface area contributed by atoms with Crippen molar-refractivity contribution in [3.8, 4) is 11.5 Å². The van der Waals surface area contributed by atoms with Gasteiger partial charge in [0.25, 0.3) is 0 Å². The van der Waals surface area contributed by atoms with E-state index in [2.05, 4.69) is 46.0 Å². The fraction of sp³-hybridized carbons (Fsp3) is 0.571. The Morgan fingerprint density at radius 1 is 1.37 bits per heavy atom. The van der Waals surface area contributed by atoms with Crippen molar-refractivity contribution in [3.05, 3.63) is 22.2 Å². The summed E-state index contributed by atoms with van der Waals surface area (Å²) in [4.78, 5) is 0.